The number of ether oxygens (including phenoxy) is 1. The highest BCUT2D eigenvalue weighted by Gasteiger charge is 2.15. The molecule has 156 valence electrons. The Morgan fingerprint density at radius 2 is 1.97 bits per heavy atom. The second kappa shape index (κ2) is 10.8. The van der Waals surface area contributed by atoms with E-state index in [0.717, 1.165) is 30.9 Å². The lowest BCUT2D eigenvalue weighted by Crippen LogP contribution is -2.36. The molecule has 1 aromatic heterocycles. The Bertz CT molecular complexity index is 811. The third-order valence-electron chi connectivity index (χ3n) is 4.59. The molecule has 0 spiro atoms. The van der Waals surface area contributed by atoms with Crippen LogP contribution < -0.4 is 10.2 Å². The van der Waals surface area contributed by atoms with Crippen molar-refractivity contribution in [2.75, 3.05) is 37.7 Å². The number of rotatable bonds is 8. The third kappa shape index (κ3) is 6.87. The number of carbonyl (C=O) groups is 1. The molecule has 0 unspecified atom stereocenters. The Kier molecular flexibility index (Phi) is 8.15. The van der Waals surface area contributed by atoms with E-state index in [0.29, 0.717) is 47.3 Å². The minimum Gasteiger partial charge on any atom is -0.378 e. The summed E-state index contributed by atoms with van der Waals surface area (Å²) in [6.07, 6.45) is 0.979. The van der Waals surface area contributed by atoms with E-state index in [1.165, 1.54) is 11.8 Å². The molecule has 0 aliphatic carbocycles. The molecule has 1 aliphatic rings. The van der Waals surface area contributed by atoms with E-state index < -0.39 is 0 Å². The molecule has 0 radical (unpaired) electrons. The molecule has 1 aliphatic heterocycles. The van der Waals surface area contributed by atoms with Crippen LogP contribution in [0.2, 0.25) is 5.15 Å². The highest BCUT2D eigenvalue weighted by molar-refractivity contribution is 7.98. The summed E-state index contributed by atoms with van der Waals surface area (Å²) in [4.78, 5) is 23.3. The quantitative estimate of drug-likeness (QED) is 0.384. The monoisotopic (exact) mass is 434 g/mol. The van der Waals surface area contributed by atoms with E-state index in [1.54, 1.807) is 6.07 Å². The Labute approximate surface area is 181 Å². The van der Waals surface area contributed by atoms with Crippen molar-refractivity contribution in [2.45, 2.75) is 31.2 Å². The van der Waals surface area contributed by atoms with Crippen molar-refractivity contribution in [3.8, 4) is 0 Å². The lowest BCUT2D eigenvalue weighted by molar-refractivity contribution is 0.0952. The first-order chi connectivity index (χ1) is 14.0. The van der Waals surface area contributed by atoms with Crippen LogP contribution in [0.4, 0.5) is 5.82 Å². The topological polar surface area (TPSA) is 67.4 Å². The van der Waals surface area contributed by atoms with Gasteiger partial charge in [-0.2, -0.15) is 0 Å². The molecule has 1 amide bonds. The Hall–Kier alpha value is -1.83. The van der Waals surface area contributed by atoms with Crippen LogP contribution in [0.3, 0.4) is 0 Å². The van der Waals surface area contributed by atoms with Crippen molar-refractivity contribution in [3.05, 3.63) is 46.6 Å². The van der Waals surface area contributed by atoms with Crippen molar-refractivity contribution >= 4 is 35.1 Å². The van der Waals surface area contributed by atoms with Crippen molar-refractivity contribution in [3.63, 3.8) is 0 Å². The van der Waals surface area contributed by atoms with Crippen LogP contribution in [0.25, 0.3) is 0 Å². The van der Waals surface area contributed by atoms with Crippen LogP contribution in [-0.4, -0.2) is 48.7 Å². The molecule has 1 aromatic carbocycles. The van der Waals surface area contributed by atoms with Crippen LogP contribution in [0.1, 0.15) is 36.2 Å². The van der Waals surface area contributed by atoms with Crippen molar-refractivity contribution in [2.24, 2.45) is 5.92 Å². The highest BCUT2D eigenvalue weighted by atomic mass is 35.5. The van der Waals surface area contributed by atoms with E-state index in [2.05, 4.69) is 34.0 Å². The van der Waals surface area contributed by atoms with Gasteiger partial charge in [0, 0.05) is 37.0 Å². The molecule has 2 aromatic rings. The van der Waals surface area contributed by atoms with Gasteiger partial charge in [-0.15, -0.1) is 0 Å². The Morgan fingerprint density at radius 3 is 2.66 bits per heavy atom. The van der Waals surface area contributed by atoms with E-state index in [9.17, 15) is 4.79 Å². The van der Waals surface area contributed by atoms with Gasteiger partial charge < -0.3 is 15.0 Å². The summed E-state index contributed by atoms with van der Waals surface area (Å²) in [6, 6.07) is 9.45. The van der Waals surface area contributed by atoms with Gasteiger partial charge in [0.05, 0.1) is 13.2 Å². The van der Waals surface area contributed by atoms with E-state index in [1.807, 2.05) is 24.3 Å². The fraction of sp³-hybridized carbons (Fsp3) is 0.476. The van der Waals surface area contributed by atoms with Crippen LogP contribution >= 0.6 is 23.4 Å². The first-order valence-electron chi connectivity index (χ1n) is 9.88. The number of aromatic nitrogens is 2. The molecular weight excluding hydrogens is 408 g/mol. The van der Waals surface area contributed by atoms with Gasteiger partial charge in [-0.1, -0.05) is 49.3 Å². The summed E-state index contributed by atoms with van der Waals surface area (Å²) in [5.41, 5.74) is 1.78. The fourth-order valence-corrected chi connectivity index (χ4v) is 3.92. The van der Waals surface area contributed by atoms with Crippen molar-refractivity contribution < 1.29 is 9.53 Å². The molecule has 1 saturated heterocycles. The lowest BCUT2D eigenvalue weighted by atomic mass is 10.1. The molecule has 1 fully saturated rings. The molecule has 0 atom stereocenters. The first kappa shape index (κ1) is 21.9. The Morgan fingerprint density at radius 1 is 1.24 bits per heavy atom. The fourth-order valence-electron chi connectivity index (χ4n) is 2.88. The minimum atomic E-state index is -0.0295. The zero-order chi connectivity index (χ0) is 20.6. The summed E-state index contributed by atoms with van der Waals surface area (Å²) < 4.78 is 5.39. The number of carbonyl (C=O) groups excluding carboxylic acids is 1. The number of nitrogens with one attached hydrogen (secondary N) is 1. The largest absolute Gasteiger partial charge is 0.378 e. The number of nitrogens with zero attached hydrogens (tertiary/aromatic N) is 3. The van der Waals surface area contributed by atoms with Crippen molar-refractivity contribution in [1.82, 2.24) is 15.3 Å². The van der Waals surface area contributed by atoms with Crippen LogP contribution in [0.5, 0.6) is 0 Å². The molecule has 0 saturated carbocycles. The maximum atomic E-state index is 12.2. The highest BCUT2D eigenvalue weighted by Crippen LogP contribution is 2.25. The van der Waals surface area contributed by atoms with Crippen LogP contribution in [-0.2, 0) is 10.5 Å². The standard InChI is InChI=1S/C21H27ClN4O2S/c1-15(2)7-8-23-20(27)17-5-3-16(4-6-17)14-29-21-24-18(22)13-19(25-21)26-9-11-28-12-10-26/h3-6,13,15H,7-12,14H2,1-2H3,(H,23,27). The molecule has 6 nitrogen and oxygen atoms in total. The number of anilines is 1. The number of amides is 1. The number of halogens is 1. The zero-order valence-corrected chi connectivity index (χ0v) is 18.4. The van der Waals surface area contributed by atoms with Gasteiger partial charge in [0.1, 0.15) is 11.0 Å². The average Bonchev–Trinajstić information content (AvgIpc) is 2.72. The van der Waals surface area contributed by atoms with E-state index in [-0.39, 0.29) is 5.91 Å². The van der Waals surface area contributed by atoms with Gasteiger partial charge >= 0.3 is 0 Å². The number of thioether (sulfide) groups is 1. The predicted octanol–water partition coefficient (Wildman–Crippen LogP) is 4.03. The maximum Gasteiger partial charge on any atom is 0.251 e. The SMILES string of the molecule is CC(C)CCNC(=O)c1ccc(CSc2nc(Cl)cc(N3CCOCC3)n2)cc1. The molecule has 3 rings (SSSR count). The molecular formula is C21H27ClN4O2S. The van der Waals surface area contributed by atoms with Gasteiger partial charge in [0.25, 0.3) is 5.91 Å². The summed E-state index contributed by atoms with van der Waals surface area (Å²) >= 11 is 7.73. The number of morpholine rings is 1. The average molecular weight is 435 g/mol. The van der Waals surface area contributed by atoms with Gasteiger partial charge in [-0.25, -0.2) is 9.97 Å². The summed E-state index contributed by atoms with van der Waals surface area (Å²) in [7, 11) is 0. The molecule has 1 N–H and O–H groups in total. The molecule has 0 bridgehead atoms. The predicted molar refractivity (Wildman–Crippen MR) is 118 cm³/mol. The Balaban J connectivity index is 1.56. The lowest BCUT2D eigenvalue weighted by Gasteiger charge is -2.27. The second-order valence-electron chi connectivity index (χ2n) is 7.35. The number of benzene rings is 1. The van der Waals surface area contributed by atoms with E-state index in [4.69, 9.17) is 16.3 Å². The maximum absolute atomic E-state index is 12.2. The van der Waals surface area contributed by atoms with Gasteiger partial charge in [-0.3, -0.25) is 4.79 Å². The molecule has 2 heterocycles. The van der Waals surface area contributed by atoms with E-state index >= 15 is 0 Å². The van der Waals surface area contributed by atoms with Gasteiger partial charge in [-0.05, 0) is 30.0 Å². The normalized spacial score (nSPS) is 14.3. The summed E-state index contributed by atoms with van der Waals surface area (Å²) in [6.45, 7) is 7.99. The summed E-state index contributed by atoms with van der Waals surface area (Å²) in [5.74, 6) is 2.09. The molecule has 29 heavy (non-hydrogen) atoms. The van der Waals surface area contributed by atoms with Crippen molar-refractivity contribution in [1.29, 1.82) is 0 Å². The smallest absolute Gasteiger partial charge is 0.251 e. The third-order valence-corrected chi connectivity index (χ3v) is 5.70. The number of hydrogen-bond donors (Lipinski definition) is 1. The van der Waals surface area contributed by atoms with Crippen LogP contribution in [0.15, 0.2) is 35.5 Å². The minimum absolute atomic E-state index is 0.0295. The van der Waals surface area contributed by atoms with Crippen LogP contribution in [0, 0.1) is 5.92 Å². The number of hydrogen-bond acceptors (Lipinski definition) is 6. The first-order valence-corrected chi connectivity index (χ1v) is 11.2. The molecule has 8 heteroatoms. The second-order valence-corrected chi connectivity index (χ2v) is 8.68. The zero-order valence-electron chi connectivity index (χ0n) is 16.9. The van der Waals surface area contributed by atoms with Gasteiger partial charge in [0.15, 0.2) is 5.16 Å². The van der Waals surface area contributed by atoms with Gasteiger partial charge in [0.2, 0.25) is 0 Å². The summed E-state index contributed by atoms with van der Waals surface area (Å²) in [5, 5.41) is 4.05.